The van der Waals surface area contributed by atoms with Crippen molar-refractivity contribution in [2.45, 2.75) is 75.1 Å². The van der Waals surface area contributed by atoms with Gasteiger partial charge < -0.3 is 5.32 Å². The summed E-state index contributed by atoms with van der Waals surface area (Å²) in [4.78, 5) is 13.2. The van der Waals surface area contributed by atoms with Gasteiger partial charge in [-0.05, 0) is 39.5 Å². The average molecular weight is 359 g/mol. The van der Waals surface area contributed by atoms with Crippen molar-refractivity contribution in [2.24, 2.45) is 5.92 Å². The highest BCUT2D eigenvalue weighted by Gasteiger charge is 2.44. The van der Waals surface area contributed by atoms with Crippen LogP contribution in [0.15, 0.2) is 0 Å². The molecule has 0 aromatic heterocycles. The molecule has 0 aromatic rings. The third-order valence-electron chi connectivity index (χ3n) is 5.09. The molecule has 3 rings (SSSR count). The number of hydrazine groups is 1. The van der Waals surface area contributed by atoms with Crippen LogP contribution in [0.2, 0.25) is 0 Å². The number of rotatable bonds is 2. The maximum absolute atomic E-state index is 12.7. The number of halogens is 1. The molecule has 1 amide bonds. The van der Waals surface area contributed by atoms with E-state index in [0.29, 0.717) is 23.0 Å². The molecule has 0 radical (unpaired) electrons. The molecule has 6 atom stereocenters. The molecule has 3 aliphatic rings. The van der Waals surface area contributed by atoms with Gasteiger partial charge in [0, 0.05) is 29.5 Å². The minimum Gasteiger partial charge on any atom is -0.353 e. The Labute approximate surface area is 135 Å². The predicted octanol–water partition coefficient (Wildman–Crippen LogP) is 1.34. The fraction of sp³-hybridized carbons (Fsp3) is 0.933. The van der Waals surface area contributed by atoms with Crippen molar-refractivity contribution in [1.82, 2.24) is 21.1 Å². The number of fused-ring (bicyclic) bond motifs is 1. The maximum atomic E-state index is 12.7. The quantitative estimate of drug-likeness (QED) is 0.652. The Morgan fingerprint density at radius 2 is 2.10 bits per heavy atom. The van der Waals surface area contributed by atoms with Gasteiger partial charge in [-0.2, -0.15) is 0 Å². The van der Waals surface area contributed by atoms with E-state index in [9.17, 15) is 4.79 Å². The zero-order chi connectivity index (χ0) is 15.0. The van der Waals surface area contributed by atoms with Crippen LogP contribution >= 0.6 is 15.9 Å². The molecule has 5 nitrogen and oxygen atoms in total. The van der Waals surface area contributed by atoms with Crippen LogP contribution in [-0.4, -0.2) is 46.6 Å². The highest BCUT2D eigenvalue weighted by molar-refractivity contribution is 9.09. The summed E-state index contributed by atoms with van der Waals surface area (Å²) in [6.45, 7) is 5.18. The van der Waals surface area contributed by atoms with Gasteiger partial charge in [-0.25, -0.2) is 5.01 Å². The number of amides is 1. The van der Waals surface area contributed by atoms with Gasteiger partial charge in [-0.15, -0.1) is 0 Å². The average Bonchev–Trinajstić information content (AvgIpc) is 2.82. The Hall–Kier alpha value is -0.170. The second-order valence-corrected chi connectivity index (χ2v) is 8.24. The molecule has 6 unspecified atom stereocenters. The Morgan fingerprint density at radius 3 is 2.86 bits per heavy atom. The zero-order valence-electron chi connectivity index (χ0n) is 12.9. The highest BCUT2D eigenvalue weighted by Crippen LogP contribution is 2.27. The van der Waals surface area contributed by atoms with Crippen LogP contribution in [0.4, 0.5) is 0 Å². The van der Waals surface area contributed by atoms with Gasteiger partial charge in [-0.1, -0.05) is 22.4 Å². The number of hydrogen-bond donors (Lipinski definition) is 3. The third-order valence-corrected chi connectivity index (χ3v) is 5.92. The van der Waals surface area contributed by atoms with Crippen molar-refractivity contribution in [2.75, 3.05) is 6.54 Å². The summed E-state index contributed by atoms with van der Waals surface area (Å²) in [5.41, 5.74) is 3.41. The number of alkyl halides is 1. The van der Waals surface area contributed by atoms with E-state index < -0.39 is 0 Å². The number of nitrogens with zero attached hydrogens (tertiary/aromatic N) is 1. The molecule has 2 heterocycles. The molecule has 3 N–H and O–H groups in total. The Bertz CT molecular complexity index is 394. The van der Waals surface area contributed by atoms with E-state index in [1.807, 2.05) is 0 Å². The van der Waals surface area contributed by atoms with Gasteiger partial charge in [0.2, 0.25) is 5.91 Å². The lowest BCUT2D eigenvalue weighted by Crippen LogP contribution is -2.61. The van der Waals surface area contributed by atoms with Gasteiger partial charge in [-0.3, -0.25) is 15.5 Å². The molecular formula is C15H27BrN4O. The Kier molecular flexibility index (Phi) is 4.88. The van der Waals surface area contributed by atoms with Crippen LogP contribution in [0.5, 0.6) is 0 Å². The molecule has 0 spiro atoms. The van der Waals surface area contributed by atoms with E-state index >= 15 is 0 Å². The zero-order valence-corrected chi connectivity index (χ0v) is 14.5. The summed E-state index contributed by atoms with van der Waals surface area (Å²) >= 11 is 3.69. The molecule has 0 aromatic carbocycles. The SMILES string of the molecule is CC1CC(C)N2NCC(C(=O)NC3CCCC(Br)C3)C2N1. The van der Waals surface area contributed by atoms with E-state index in [0.717, 1.165) is 25.8 Å². The van der Waals surface area contributed by atoms with Crippen LogP contribution in [0.3, 0.4) is 0 Å². The molecule has 3 fully saturated rings. The van der Waals surface area contributed by atoms with Crippen molar-refractivity contribution in [3.63, 3.8) is 0 Å². The van der Waals surface area contributed by atoms with Crippen molar-refractivity contribution < 1.29 is 4.79 Å². The lowest BCUT2D eigenvalue weighted by molar-refractivity contribution is -0.127. The van der Waals surface area contributed by atoms with Crippen LogP contribution < -0.4 is 16.1 Å². The predicted molar refractivity (Wildman–Crippen MR) is 86.9 cm³/mol. The first kappa shape index (κ1) is 15.7. The van der Waals surface area contributed by atoms with Crippen molar-refractivity contribution >= 4 is 21.8 Å². The molecule has 2 saturated heterocycles. The fourth-order valence-electron chi connectivity index (χ4n) is 4.02. The van der Waals surface area contributed by atoms with Crippen LogP contribution in [0, 0.1) is 5.92 Å². The normalized spacial score (nSPS) is 44.3. The minimum atomic E-state index is 0.00546. The summed E-state index contributed by atoms with van der Waals surface area (Å²) in [5.74, 6) is 0.210. The van der Waals surface area contributed by atoms with Gasteiger partial charge in [0.25, 0.3) is 0 Å². The lowest BCUT2D eigenvalue weighted by atomic mass is 9.94. The first-order valence-electron chi connectivity index (χ1n) is 8.27. The van der Waals surface area contributed by atoms with Gasteiger partial charge in [0.15, 0.2) is 0 Å². The standard InChI is InChI=1S/C15H27BrN4O/c1-9-6-10(2)20-14(18-9)13(8-17-20)15(21)19-12-5-3-4-11(16)7-12/h9-14,17-18H,3-8H2,1-2H3,(H,19,21). The second kappa shape index (κ2) is 6.52. The van der Waals surface area contributed by atoms with Crippen molar-refractivity contribution in [1.29, 1.82) is 0 Å². The Balaban J connectivity index is 1.59. The first-order valence-corrected chi connectivity index (χ1v) is 9.18. The monoisotopic (exact) mass is 358 g/mol. The van der Waals surface area contributed by atoms with Crippen LogP contribution in [-0.2, 0) is 4.79 Å². The van der Waals surface area contributed by atoms with E-state index in [2.05, 4.69) is 50.8 Å². The van der Waals surface area contributed by atoms with Crippen molar-refractivity contribution in [3.05, 3.63) is 0 Å². The molecule has 120 valence electrons. The maximum Gasteiger partial charge on any atom is 0.227 e. The Morgan fingerprint density at radius 1 is 1.29 bits per heavy atom. The highest BCUT2D eigenvalue weighted by atomic mass is 79.9. The van der Waals surface area contributed by atoms with E-state index in [4.69, 9.17) is 0 Å². The fourth-order valence-corrected chi connectivity index (χ4v) is 4.80. The molecule has 0 bridgehead atoms. The van der Waals surface area contributed by atoms with E-state index in [-0.39, 0.29) is 18.0 Å². The largest absolute Gasteiger partial charge is 0.353 e. The van der Waals surface area contributed by atoms with Crippen LogP contribution in [0.25, 0.3) is 0 Å². The number of hydrogen-bond acceptors (Lipinski definition) is 4. The molecule has 1 aliphatic carbocycles. The third kappa shape index (κ3) is 3.44. The van der Waals surface area contributed by atoms with Crippen molar-refractivity contribution in [3.8, 4) is 0 Å². The molecule has 21 heavy (non-hydrogen) atoms. The smallest absolute Gasteiger partial charge is 0.227 e. The van der Waals surface area contributed by atoms with Crippen LogP contribution in [0.1, 0.15) is 46.0 Å². The van der Waals surface area contributed by atoms with Gasteiger partial charge >= 0.3 is 0 Å². The molecule has 2 aliphatic heterocycles. The van der Waals surface area contributed by atoms with E-state index in [1.54, 1.807) is 0 Å². The lowest BCUT2D eigenvalue weighted by Gasteiger charge is -2.40. The number of nitrogens with one attached hydrogen (secondary N) is 3. The molecule has 1 saturated carbocycles. The second-order valence-electron chi connectivity index (χ2n) is 6.94. The molecular weight excluding hydrogens is 332 g/mol. The number of carbonyl (C=O) groups excluding carboxylic acids is 1. The summed E-state index contributed by atoms with van der Waals surface area (Å²) in [6, 6.07) is 1.28. The summed E-state index contributed by atoms with van der Waals surface area (Å²) < 4.78 is 0. The first-order chi connectivity index (χ1) is 10.0. The topological polar surface area (TPSA) is 56.4 Å². The van der Waals surface area contributed by atoms with Gasteiger partial charge in [0.05, 0.1) is 12.1 Å². The summed E-state index contributed by atoms with van der Waals surface area (Å²) in [5, 5.41) is 9.09. The number of carbonyl (C=O) groups is 1. The summed E-state index contributed by atoms with van der Waals surface area (Å²) in [7, 11) is 0. The van der Waals surface area contributed by atoms with E-state index in [1.165, 1.54) is 12.8 Å². The summed E-state index contributed by atoms with van der Waals surface area (Å²) in [6.07, 6.45) is 5.84. The minimum absolute atomic E-state index is 0.00546. The molecule has 6 heteroatoms. The van der Waals surface area contributed by atoms with Gasteiger partial charge in [0.1, 0.15) is 0 Å².